The van der Waals surface area contributed by atoms with Gasteiger partial charge in [-0.3, -0.25) is 14.9 Å². The molecule has 28 heavy (non-hydrogen) atoms. The van der Waals surface area contributed by atoms with Gasteiger partial charge in [-0.2, -0.15) is 0 Å². The average molecular weight is 405 g/mol. The van der Waals surface area contributed by atoms with Gasteiger partial charge in [-0.1, -0.05) is 17.7 Å². The number of fused-ring (bicyclic) bond motifs is 1. The molecular weight excluding hydrogens is 392 g/mol. The zero-order valence-corrected chi connectivity index (χ0v) is 15.0. The number of amides is 1. The smallest absolute Gasteiger partial charge is 0.331 e. The Morgan fingerprint density at radius 3 is 2.75 bits per heavy atom. The van der Waals surface area contributed by atoms with Crippen LogP contribution in [0, 0.1) is 10.1 Å². The topological polar surface area (TPSA) is 117 Å². The van der Waals surface area contributed by atoms with E-state index in [1.165, 1.54) is 24.3 Å². The maximum Gasteiger partial charge on any atom is 0.331 e. The van der Waals surface area contributed by atoms with Crippen molar-refractivity contribution in [3.05, 3.63) is 63.2 Å². The number of benzene rings is 2. The Labute approximate surface area is 163 Å². The number of hydrogen-bond donors (Lipinski definition) is 1. The summed E-state index contributed by atoms with van der Waals surface area (Å²) in [6.45, 7) is -0.393. The molecule has 1 aliphatic heterocycles. The number of esters is 1. The minimum atomic E-state index is -0.720. The van der Waals surface area contributed by atoms with Gasteiger partial charge in [0.15, 0.2) is 18.1 Å². The minimum absolute atomic E-state index is 0.00317. The molecule has 1 amide bonds. The van der Waals surface area contributed by atoms with Crippen molar-refractivity contribution in [2.45, 2.75) is 0 Å². The number of nitrogens with zero attached hydrogens (tertiary/aromatic N) is 1. The highest BCUT2D eigenvalue weighted by molar-refractivity contribution is 6.34. The predicted molar refractivity (Wildman–Crippen MR) is 99.3 cm³/mol. The molecule has 0 bridgehead atoms. The fourth-order valence-corrected chi connectivity index (χ4v) is 2.49. The maximum atomic E-state index is 11.9. The number of non-ortho nitro benzene ring substituents is 1. The van der Waals surface area contributed by atoms with E-state index in [-0.39, 0.29) is 23.2 Å². The van der Waals surface area contributed by atoms with Crippen LogP contribution in [0.15, 0.2) is 42.5 Å². The van der Waals surface area contributed by atoms with Gasteiger partial charge in [-0.25, -0.2) is 4.79 Å². The number of carbonyl (C=O) groups is 2. The van der Waals surface area contributed by atoms with E-state index in [0.29, 0.717) is 17.1 Å². The molecular formula is C18H13ClN2O7. The van der Waals surface area contributed by atoms with Crippen molar-refractivity contribution in [3.63, 3.8) is 0 Å². The Hall–Kier alpha value is -3.59. The molecule has 1 N–H and O–H groups in total. The first-order valence-corrected chi connectivity index (χ1v) is 8.28. The maximum absolute atomic E-state index is 11.9. The van der Waals surface area contributed by atoms with Crippen LogP contribution in [-0.4, -0.2) is 30.2 Å². The molecule has 1 heterocycles. The monoisotopic (exact) mass is 404 g/mol. The van der Waals surface area contributed by atoms with Crippen LogP contribution in [0.1, 0.15) is 5.56 Å². The Bertz CT molecular complexity index is 974. The predicted octanol–water partition coefficient (Wildman–Crippen LogP) is 3.17. The summed E-state index contributed by atoms with van der Waals surface area (Å²) in [6, 6.07) is 8.75. The third-order valence-corrected chi connectivity index (χ3v) is 3.90. The van der Waals surface area contributed by atoms with Gasteiger partial charge >= 0.3 is 5.97 Å². The molecule has 0 aliphatic carbocycles. The molecule has 0 fully saturated rings. The molecule has 144 valence electrons. The van der Waals surface area contributed by atoms with Crippen LogP contribution in [0.25, 0.3) is 6.08 Å². The SMILES string of the molecule is O=C(COC(=O)/C=C/c1ccc2c(c1)OCO2)Nc1ccc([N+](=O)[O-])cc1Cl. The first-order valence-electron chi connectivity index (χ1n) is 7.90. The molecule has 0 spiro atoms. The van der Waals surface area contributed by atoms with Crippen molar-refractivity contribution < 1.29 is 28.7 Å². The second-order valence-corrected chi connectivity index (χ2v) is 5.93. The van der Waals surface area contributed by atoms with Crippen LogP contribution in [0.5, 0.6) is 11.5 Å². The molecule has 3 rings (SSSR count). The van der Waals surface area contributed by atoms with Gasteiger partial charge in [-0.15, -0.1) is 0 Å². The number of nitrogens with one attached hydrogen (secondary N) is 1. The highest BCUT2D eigenvalue weighted by Gasteiger charge is 2.14. The number of hydrogen-bond acceptors (Lipinski definition) is 7. The van der Waals surface area contributed by atoms with Crippen LogP contribution in [0.2, 0.25) is 5.02 Å². The zero-order valence-electron chi connectivity index (χ0n) is 14.2. The third-order valence-electron chi connectivity index (χ3n) is 3.59. The second kappa shape index (κ2) is 8.40. The van der Waals surface area contributed by atoms with Crippen molar-refractivity contribution >= 4 is 40.9 Å². The van der Waals surface area contributed by atoms with Crippen LogP contribution >= 0.6 is 11.6 Å². The zero-order chi connectivity index (χ0) is 20.1. The lowest BCUT2D eigenvalue weighted by molar-refractivity contribution is -0.384. The van der Waals surface area contributed by atoms with Gasteiger partial charge in [0.1, 0.15) is 0 Å². The van der Waals surface area contributed by atoms with E-state index in [4.69, 9.17) is 25.8 Å². The van der Waals surface area contributed by atoms with Gasteiger partial charge < -0.3 is 19.5 Å². The highest BCUT2D eigenvalue weighted by Crippen LogP contribution is 2.32. The first kappa shape index (κ1) is 19.2. The third kappa shape index (κ3) is 4.77. The summed E-state index contributed by atoms with van der Waals surface area (Å²) in [6.07, 6.45) is 2.68. The van der Waals surface area contributed by atoms with Crippen LogP contribution in [0.3, 0.4) is 0 Å². The van der Waals surface area contributed by atoms with Crippen molar-refractivity contribution in [2.24, 2.45) is 0 Å². The normalized spacial score (nSPS) is 12.0. The lowest BCUT2D eigenvalue weighted by Gasteiger charge is -2.07. The largest absolute Gasteiger partial charge is 0.454 e. The van der Waals surface area contributed by atoms with E-state index in [1.54, 1.807) is 18.2 Å². The second-order valence-electron chi connectivity index (χ2n) is 5.52. The van der Waals surface area contributed by atoms with E-state index in [0.717, 1.165) is 6.07 Å². The number of carbonyl (C=O) groups excluding carboxylic acids is 2. The summed E-state index contributed by atoms with van der Waals surface area (Å²) in [4.78, 5) is 33.7. The summed E-state index contributed by atoms with van der Waals surface area (Å²) < 4.78 is 15.3. The van der Waals surface area contributed by atoms with Gasteiger partial charge in [0.2, 0.25) is 6.79 Å². The molecule has 0 aromatic heterocycles. The quantitative estimate of drug-likeness (QED) is 0.340. The molecule has 2 aromatic carbocycles. The summed E-state index contributed by atoms with van der Waals surface area (Å²) in [5.74, 6) is -0.153. The number of rotatable bonds is 6. The van der Waals surface area contributed by atoms with Gasteiger partial charge in [0.05, 0.1) is 15.6 Å². The summed E-state index contributed by atoms with van der Waals surface area (Å²) in [5, 5.41) is 13.1. The van der Waals surface area contributed by atoms with Crippen molar-refractivity contribution in [1.29, 1.82) is 0 Å². The number of nitro benzene ring substituents is 1. The first-order chi connectivity index (χ1) is 13.4. The number of ether oxygens (including phenoxy) is 3. The van der Waals surface area contributed by atoms with Gasteiger partial charge in [0, 0.05) is 18.2 Å². The molecule has 2 aromatic rings. The van der Waals surface area contributed by atoms with Gasteiger partial charge in [0.25, 0.3) is 11.6 Å². The Morgan fingerprint density at radius 2 is 2.00 bits per heavy atom. The average Bonchev–Trinajstić information content (AvgIpc) is 3.14. The molecule has 0 saturated carbocycles. The van der Waals surface area contributed by atoms with Crippen LogP contribution in [0.4, 0.5) is 11.4 Å². The summed E-state index contributed by atoms with van der Waals surface area (Å²) in [5.41, 5.74) is 0.663. The van der Waals surface area contributed by atoms with E-state index >= 15 is 0 Å². The standard InChI is InChI=1S/C18H13ClN2O7/c19-13-8-12(21(24)25)3-4-14(13)20-17(22)9-26-18(23)6-2-11-1-5-15-16(7-11)28-10-27-15/h1-8H,9-10H2,(H,20,22)/b6-2+. The van der Waals surface area contributed by atoms with E-state index in [2.05, 4.69) is 5.32 Å². The minimum Gasteiger partial charge on any atom is -0.454 e. The van der Waals surface area contributed by atoms with Crippen molar-refractivity contribution in [3.8, 4) is 11.5 Å². The Balaban J connectivity index is 1.50. The van der Waals surface area contributed by atoms with Gasteiger partial charge in [-0.05, 0) is 29.8 Å². The molecule has 0 saturated heterocycles. The molecule has 9 nitrogen and oxygen atoms in total. The van der Waals surface area contributed by atoms with E-state index < -0.39 is 23.4 Å². The number of nitro groups is 1. The van der Waals surface area contributed by atoms with E-state index in [1.807, 2.05) is 0 Å². The molecule has 0 atom stereocenters. The lowest BCUT2D eigenvalue weighted by atomic mass is 10.2. The fourth-order valence-electron chi connectivity index (χ4n) is 2.27. The Morgan fingerprint density at radius 1 is 1.21 bits per heavy atom. The van der Waals surface area contributed by atoms with Crippen LogP contribution in [-0.2, 0) is 14.3 Å². The summed E-state index contributed by atoms with van der Waals surface area (Å²) in [7, 11) is 0. The Kier molecular flexibility index (Phi) is 5.75. The summed E-state index contributed by atoms with van der Waals surface area (Å²) >= 11 is 5.88. The molecule has 0 radical (unpaired) electrons. The highest BCUT2D eigenvalue weighted by atomic mass is 35.5. The molecule has 0 unspecified atom stereocenters. The lowest BCUT2D eigenvalue weighted by Crippen LogP contribution is -2.20. The van der Waals surface area contributed by atoms with Crippen molar-refractivity contribution in [1.82, 2.24) is 0 Å². The fraction of sp³-hybridized carbons (Fsp3) is 0.111. The molecule has 1 aliphatic rings. The van der Waals surface area contributed by atoms with Crippen molar-refractivity contribution in [2.75, 3.05) is 18.7 Å². The molecule has 10 heteroatoms. The van der Waals surface area contributed by atoms with E-state index in [9.17, 15) is 19.7 Å². The van der Waals surface area contributed by atoms with Crippen LogP contribution < -0.4 is 14.8 Å². The number of halogens is 1. The number of anilines is 1.